The fraction of sp³-hybridized carbons (Fsp3) is 0.737. The molecule has 2 rings (SSSR count). The van der Waals surface area contributed by atoms with Crippen LogP contribution in [0.1, 0.15) is 53.9 Å². The van der Waals surface area contributed by atoms with Crippen molar-refractivity contribution >= 4 is 18.2 Å². The van der Waals surface area contributed by atoms with Crippen LogP contribution in [0.25, 0.3) is 0 Å². The third-order valence-electron chi connectivity index (χ3n) is 5.02. The number of epoxide rings is 1. The lowest BCUT2D eigenvalue weighted by Gasteiger charge is -2.35. The molecule has 1 heterocycles. The highest BCUT2D eigenvalue weighted by Crippen LogP contribution is 2.45. The lowest BCUT2D eigenvalue weighted by Crippen LogP contribution is -2.43. The molecule has 6 heteroatoms. The van der Waals surface area contributed by atoms with Crippen molar-refractivity contribution in [2.24, 2.45) is 11.8 Å². The number of esters is 2. The van der Waals surface area contributed by atoms with Crippen LogP contribution in [0, 0.1) is 11.8 Å². The highest BCUT2D eigenvalue weighted by Gasteiger charge is 2.59. The van der Waals surface area contributed by atoms with E-state index in [0.29, 0.717) is 6.42 Å². The molecule has 0 radical (unpaired) electrons. The second-order valence-corrected chi connectivity index (χ2v) is 7.48. The smallest absolute Gasteiger partial charge is 0.303 e. The molecule has 6 nitrogen and oxygen atoms in total. The Bertz CT molecular complexity index is 566. The molecule has 0 saturated carbocycles. The summed E-state index contributed by atoms with van der Waals surface area (Å²) >= 11 is 0. The largest absolute Gasteiger partial charge is 0.462 e. The Hall–Kier alpha value is -1.69. The maximum atomic E-state index is 11.7. The summed E-state index contributed by atoms with van der Waals surface area (Å²) in [5, 5.41) is 0. The van der Waals surface area contributed by atoms with Crippen molar-refractivity contribution in [1.82, 2.24) is 0 Å². The van der Waals surface area contributed by atoms with Crippen molar-refractivity contribution in [3.8, 4) is 0 Å². The summed E-state index contributed by atoms with van der Waals surface area (Å²) < 4.78 is 16.8. The van der Waals surface area contributed by atoms with Crippen LogP contribution in [0.2, 0.25) is 0 Å². The van der Waals surface area contributed by atoms with E-state index in [0.717, 1.165) is 18.3 Å². The number of rotatable bonds is 4. The van der Waals surface area contributed by atoms with Gasteiger partial charge in [-0.2, -0.15) is 0 Å². The average molecular weight is 352 g/mol. The SMILES string of the molecule is CC(=O)O[C@@H]1/C=C(\C)CC[C@H]2O[C@@]2(C=O)C[C@@H](OC(C)=O)[C@@H]1C(C)C. The van der Waals surface area contributed by atoms with Gasteiger partial charge in [-0.1, -0.05) is 19.4 Å². The average Bonchev–Trinajstić information content (AvgIpc) is 3.16. The van der Waals surface area contributed by atoms with E-state index < -0.39 is 23.8 Å². The summed E-state index contributed by atoms with van der Waals surface area (Å²) in [5.41, 5.74) is 0.168. The van der Waals surface area contributed by atoms with Crippen molar-refractivity contribution in [3.05, 3.63) is 11.6 Å². The molecule has 0 spiro atoms. The first kappa shape index (κ1) is 19.6. The van der Waals surface area contributed by atoms with E-state index in [2.05, 4.69) is 0 Å². The Morgan fingerprint density at radius 3 is 2.44 bits per heavy atom. The number of hydrogen-bond donors (Lipinski definition) is 0. The maximum Gasteiger partial charge on any atom is 0.303 e. The van der Waals surface area contributed by atoms with Crippen LogP contribution in [0.5, 0.6) is 0 Å². The zero-order valence-electron chi connectivity index (χ0n) is 15.6. The second kappa shape index (κ2) is 7.68. The van der Waals surface area contributed by atoms with Crippen LogP contribution < -0.4 is 0 Å². The molecule has 0 bridgehead atoms. The van der Waals surface area contributed by atoms with E-state index in [1.165, 1.54) is 13.8 Å². The number of carbonyl (C=O) groups is 3. The number of fused-ring (bicyclic) bond motifs is 1. The predicted molar refractivity (Wildman–Crippen MR) is 90.7 cm³/mol. The molecule has 0 N–H and O–H groups in total. The van der Waals surface area contributed by atoms with Gasteiger partial charge in [0.15, 0.2) is 11.9 Å². The Balaban J connectivity index is 2.44. The van der Waals surface area contributed by atoms with Gasteiger partial charge >= 0.3 is 11.9 Å². The van der Waals surface area contributed by atoms with E-state index in [9.17, 15) is 14.4 Å². The van der Waals surface area contributed by atoms with Crippen LogP contribution >= 0.6 is 0 Å². The third-order valence-corrected chi connectivity index (χ3v) is 5.02. The van der Waals surface area contributed by atoms with Gasteiger partial charge in [-0.25, -0.2) is 0 Å². The van der Waals surface area contributed by atoms with Gasteiger partial charge in [-0.05, 0) is 31.8 Å². The molecule has 1 aliphatic heterocycles. The van der Waals surface area contributed by atoms with Crippen molar-refractivity contribution < 1.29 is 28.6 Å². The van der Waals surface area contributed by atoms with Crippen LogP contribution in [-0.4, -0.2) is 42.1 Å². The molecule has 1 aliphatic carbocycles. The highest BCUT2D eigenvalue weighted by molar-refractivity contribution is 5.69. The van der Waals surface area contributed by atoms with Gasteiger partial charge in [0.2, 0.25) is 0 Å². The van der Waals surface area contributed by atoms with Gasteiger partial charge in [0.25, 0.3) is 0 Å². The molecule has 0 aromatic heterocycles. The lowest BCUT2D eigenvalue weighted by atomic mass is 9.78. The van der Waals surface area contributed by atoms with Crippen LogP contribution in [0.4, 0.5) is 0 Å². The first-order chi connectivity index (χ1) is 11.7. The van der Waals surface area contributed by atoms with Crippen LogP contribution in [0.3, 0.4) is 0 Å². The van der Waals surface area contributed by atoms with Crippen molar-refractivity contribution in [1.29, 1.82) is 0 Å². The zero-order valence-corrected chi connectivity index (χ0v) is 15.6. The first-order valence-electron chi connectivity index (χ1n) is 8.84. The van der Waals surface area contributed by atoms with Gasteiger partial charge in [-0.3, -0.25) is 9.59 Å². The van der Waals surface area contributed by atoms with E-state index in [4.69, 9.17) is 14.2 Å². The summed E-state index contributed by atoms with van der Waals surface area (Å²) in [6.45, 7) is 8.67. The second-order valence-electron chi connectivity index (χ2n) is 7.48. The Kier molecular flexibility index (Phi) is 6.03. The Morgan fingerprint density at radius 2 is 1.92 bits per heavy atom. The number of aldehydes is 1. The van der Waals surface area contributed by atoms with E-state index in [1.54, 1.807) is 0 Å². The molecule has 0 unspecified atom stereocenters. The summed E-state index contributed by atoms with van der Waals surface area (Å²) in [6.07, 6.45) is 3.30. The van der Waals surface area contributed by atoms with Crippen molar-refractivity contribution in [2.45, 2.75) is 77.8 Å². The molecule has 5 atom stereocenters. The zero-order chi connectivity index (χ0) is 18.8. The normalized spacial score (nSPS) is 37.3. The van der Waals surface area contributed by atoms with Gasteiger partial charge in [0, 0.05) is 26.2 Å². The monoisotopic (exact) mass is 352 g/mol. The maximum absolute atomic E-state index is 11.7. The Labute approximate surface area is 148 Å². The molecule has 1 fully saturated rings. The fourth-order valence-corrected chi connectivity index (χ4v) is 3.81. The Morgan fingerprint density at radius 1 is 1.28 bits per heavy atom. The number of allylic oxidation sites excluding steroid dienone is 1. The standard InChI is InChI=1S/C19H28O6/c1-11(2)18-15(23-13(4)21)8-12(3)6-7-17-19(10-20,25-17)9-16(18)24-14(5)22/h8,10-11,15-18H,6-7,9H2,1-5H3/b12-8+/t15-,16-,17-,18-,19-/m1/s1. The van der Waals surface area contributed by atoms with Gasteiger partial charge in [0.05, 0.1) is 6.10 Å². The molecular formula is C19H28O6. The summed E-state index contributed by atoms with van der Waals surface area (Å²) in [5.74, 6) is -1.00. The number of carbonyl (C=O) groups excluding carboxylic acids is 3. The quantitative estimate of drug-likeness (QED) is 0.335. The summed E-state index contributed by atoms with van der Waals surface area (Å²) in [4.78, 5) is 35.0. The van der Waals surface area contributed by atoms with Crippen LogP contribution in [0.15, 0.2) is 11.6 Å². The highest BCUT2D eigenvalue weighted by atomic mass is 16.6. The number of ether oxygens (including phenoxy) is 3. The predicted octanol–water partition coefficient (Wildman–Crippen LogP) is 2.59. The topological polar surface area (TPSA) is 82.2 Å². The van der Waals surface area contributed by atoms with Gasteiger partial charge in [0.1, 0.15) is 12.2 Å². The van der Waals surface area contributed by atoms with E-state index >= 15 is 0 Å². The fourth-order valence-electron chi connectivity index (χ4n) is 3.81. The first-order valence-corrected chi connectivity index (χ1v) is 8.84. The molecule has 140 valence electrons. The minimum absolute atomic E-state index is 0.0677. The molecule has 2 aliphatic rings. The van der Waals surface area contributed by atoms with Crippen LogP contribution in [-0.2, 0) is 28.6 Å². The summed E-state index contributed by atoms with van der Waals surface area (Å²) in [6, 6.07) is 0. The van der Waals surface area contributed by atoms with Gasteiger partial charge in [-0.15, -0.1) is 0 Å². The molecule has 1 saturated heterocycles. The third kappa shape index (κ3) is 4.69. The molecular weight excluding hydrogens is 324 g/mol. The lowest BCUT2D eigenvalue weighted by molar-refractivity contribution is -0.160. The molecule has 25 heavy (non-hydrogen) atoms. The van der Waals surface area contributed by atoms with Crippen molar-refractivity contribution in [2.75, 3.05) is 0 Å². The minimum Gasteiger partial charge on any atom is -0.462 e. The van der Waals surface area contributed by atoms with E-state index in [-0.39, 0.29) is 30.3 Å². The molecule has 0 amide bonds. The molecule has 0 aromatic rings. The molecule has 0 aromatic carbocycles. The van der Waals surface area contributed by atoms with E-state index in [1.807, 2.05) is 26.8 Å². The van der Waals surface area contributed by atoms with Gasteiger partial charge < -0.3 is 19.0 Å². The number of hydrogen-bond acceptors (Lipinski definition) is 6. The summed E-state index contributed by atoms with van der Waals surface area (Å²) in [7, 11) is 0. The van der Waals surface area contributed by atoms with Crippen molar-refractivity contribution in [3.63, 3.8) is 0 Å². The minimum atomic E-state index is -0.897.